The van der Waals surface area contributed by atoms with E-state index in [2.05, 4.69) is 11.0 Å². The molecule has 0 aromatic heterocycles. The lowest BCUT2D eigenvalue weighted by molar-refractivity contribution is -0.117. The Morgan fingerprint density at radius 3 is 3.12 bits per heavy atom. The Hall–Kier alpha value is -1.06. The van der Waals surface area contributed by atoms with E-state index in [-0.39, 0.29) is 6.10 Å². The quantitative estimate of drug-likeness (QED) is 0.596. The van der Waals surface area contributed by atoms with Gasteiger partial charge in [0, 0.05) is 25.2 Å². The molecule has 0 radical (unpaired) electrons. The first-order valence-electron chi connectivity index (χ1n) is 5.23. The van der Waals surface area contributed by atoms with Gasteiger partial charge in [-0.1, -0.05) is 6.07 Å². The van der Waals surface area contributed by atoms with Crippen molar-refractivity contribution in [2.45, 2.75) is 12.7 Å². The highest BCUT2D eigenvalue weighted by atomic mass is 35.5. The van der Waals surface area contributed by atoms with Crippen molar-refractivity contribution in [3.05, 3.63) is 29.3 Å². The zero-order valence-electron chi connectivity index (χ0n) is 9.15. The Kier molecular flexibility index (Phi) is 3.46. The minimum Gasteiger partial charge on any atom is -0.373 e. The highest BCUT2D eigenvalue weighted by molar-refractivity contribution is 6.18. The minimum absolute atomic E-state index is 0.387. The van der Waals surface area contributed by atoms with Crippen molar-refractivity contribution in [1.82, 2.24) is 0 Å². The van der Waals surface area contributed by atoms with Crippen molar-refractivity contribution in [1.29, 1.82) is 0 Å². The Morgan fingerprint density at radius 1 is 1.62 bits per heavy atom. The molecule has 0 N–H and O–H groups in total. The third-order valence-electron chi connectivity index (χ3n) is 2.84. The Balaban J connectivity index is 2.24. The Morgan fingerprint density at radius 2 is 2.44 bits per heavy atom. The third-order valence-corrected chi connectivity index (χ3v) is 3.00. The number of nitrogens with zero attached hydrogens (tertiary/aromatic N) is 1. The van der Waals surface area contributed by atoms with Crippen molar-refractivity contribution in [3.63, 3.8) is 0 Å². The van der Waals surface area contributed by atoms with Gasteiger partial charge in [0.05, 0.1) is 6.61 Å². The summed E-state index contributed by atoms with van der Waals surface area (Å²) in [5.74, 6) is 0.598. The number of aldehydes is 1. The van der Waals surface area contributed by atoms with Crippen LogP contribution in [-0.2, 0) is 16.1 Å². The maximum Gasteiger partial charge on any atom is 0.153 e. The van der Waals surface area contributed by atoms with Crippen LogP contribution in [0.2, 0.25) is 0 Å². The standard InChI is InChI=1S/C12H14ClNO2/c1-14(5-4-13)10-2-3-11-9(6-10)8-16-12(11)7-15/h2-3,6-7,12H,4-5,8H2,1H3. The van der Waals surface area contributed by atoms with Gasteiger partial charge in [0.2, 0.25) is 0 Å². The zero-order chi connectivity index (χ0) is 11.5. The van der Waals surface area contributed by atoms with E-state index >= 15 is 0 Å². The van der Waals surface area contributed by atoms with Gasteiger partial charge >= 0.3 is 0 Å². The first-order valence-corrected chi connectivity index (χ1v) is 5.76. The molecule has 0 saturated carbocycles. The van der Waals surface area contributed by atoms with E-state index in [1.54, 1.807) is 0 Å². The number of halogens is 1. The lowest BCUT2D eigenvalue weighted by atomic mass is 10.1. The summed E-state index contributed by atoms with van der Waals surface area (Å²) in [5.41, 5.74) is 3.18. The number of hydrogen-bond donors (Lipinski definition) is 0. The summed E-state index contributed by atoms with van der Waals surface area (Å²) in [6.07, 6.45) is 0.455. The summed E-state index contributed by atoms with van der Waals surface area (Å²) < 4.78 is 5.35. The second kappa shape index (κ2) is 4.85. The molecule has 1 aromatic carbocycles. The van der Waals surface area contributed by atoms with Crippen LogP contribution in [0.25, 0.3) is 0 Å². The van der Waals surface area contributed by atoms with Crippen LogP contribution in [0.1, 0.15) is 17.2 Å². The van der Waals surface area contributed by atoms with Crippen molar-refractivity contribution in [3.8, 4) is 0 Å². The van der Waals surface area contributed by atoms with Crippen LogP contribution in [0.3, 0.4) is 0 Å². The molecular weight excluding hydrogens is 226 g/mol. The van der Waals surface area contributed by atoms with E-state index in [0.717, 1.165) is 29.6 Å². The molecule has 1 unspecified atom stereocenters. The molecule has 0 spiro atoms. The van der Waals surface area contributed by atoms with Gasteiger partial charge in [-0.25, -0.2) is 0 Å². The van der Waals surface area contributed by atoms with Crippen LogP contribution in [0.5, 0.6) is 0 Å². The molecule has 1 aliphatic rings. The summed E-state index contributed by atoms with van der Waals surface area (Å²) in [4.78, 5) is 12.8. The number of hydrogen-bond acceptors (Lipinski definition) is 3. The number of fused-ring (bicyclic) bond motifs is 1. The Labute approximate surface area is 100.0 Å². The first kappa shape index (κ1) is 11.4. The van der Waals surface area contributed by atoms with Crippen molar-refractivity contribution < 1.29 is 9.53 Å². The van der Waals surface area contributed by atoms with Gasteiger partial charge < -0.3 is 14.4 Å². The molecule has 0 bridgehead atoms. The molecular formula is C12H14ClNO2. The maximum absolute atomic E-state index is 10.7. The van der Waals surface area contributed by atoms with E-state index < -0.39 is 0 Å². The van der Waals surface area contributed by atoms with Crippen molar-refractivity contribution in [2.24, 2.45) is 0 Å². The molecule has 1 heterocycles. The van der Waals surface area contributed by atoms with Gasteiger partial charge in [-0.2, -0.15) is 0 Å². The minimum atomic E-state index is -0.387. The number of carbonyl (C=O) groups is 1. The van der Waals surface area contributed by atoms with Crippen LogP contribution >= 0.6 is 11.6 Å². The summed E-state index contributed by atoms with van der Waals surface area (Å²) in [7, 11) is 2.00. The SMILES string of the molecule is CN(CCCl)c1ccc2c(c1)COC2C=O. The molecule has 4 heteroatoms. The fraction of sp³-hybridized carbons (Fsp3) is 0.417. The average Bonchev–Trinajstić information content (AvgIpc) is 2.71. The van der Waals surface area contributed by atoms with Crippen molar-refractivity contribution in [2.75, 3.05) is 24.4 Å². The number of benzene rings is 1. The fourth-order valence-electron chi connectivity index (χ4n) is 1.87. The maximum atomic E-state index is 10.7. The molecule has 2 rings (SSSR count). The van der Waals surface area contributed by atoms with Crippen LogP contribution in [0.4, 0.5) is 5.69 Å². The highest BCUT2D eigenvalue weighted by Gasteiger charge is 2.22. The molecule has 1 aromatic rings. The van der Waals surface area contributed by atoms with Gasteiger partial charge in [-0.05, 0) is 23.3 Å². The smallest absolute Gasteiger partial charge is 0.153 e. The topological polar surface area (TPSA) is 29.5 Å². The second-order valence-electron chi connectivity index (χ2n) is 3.86. The van der Waals surface area contributed by atoms with E-state index in [1.165, 1.54) is 0 Å². The normalized spacial score (nSPS) is 18.2. The van der Waals surface area contributed by atoms with Crippen LogP contribution in [0, 0.1) is 0 Å². The molecule has 3 nitrogen and oxygen atoms in total. The summed E-state index contributed by atoms with van der Waals surface area (Å²) >= 11 is 5.70. The number of alkyl halides is 1. The van der Waals surface area contributed by atoms with Crippen molar-refractivity contribution >= 4 is 23.6 Å². The summed E-state index contributed by atoms with van der Waals surface area (Å²) in [6, 6.07) is 6.02. The van der Waals surface area contributed by atoms with Gasteiger partial charge in [0.15, 0.2) is 6.29 Å². The van der Waals surface area contributed by atoms with E-state index in [9.17, 15) is 4.79 Å². The second-order valence-corrected chi connectivity index (χ2v) is 4.24. The van der Waals surface area contributed by atoms with Crippen LogP contribution < -0.4 is 4.90 Å². The Bertz CT molecular complexity index is 395. The molecule has 0 saturated heterocycles. The van der Waals surface area contributed by atoms with E-state index in [0.29, 0.717) is 12.5 Å². The van der Waals surface area contributed by atoms with Gasteiger partial charge in [-0.3, -0.25) is 0 Å². The van der Waals surface area contributed by atoms with E-state index in [1.807, 2.05) is 19.2 Å². The predicted molar refractivity (Wildman–Crippen MR) is 64.0 cm³/mol. The summed E-state index contributed by atoms with van der Waals surface area (Å²) in [6.45, 7) is 1.32. The highest BCUT2D eigenvalue weighted by Crippen LogP contribution is 2.31. The monoisotopic (exact) mass is 239 g/mol. The number of anilines is 1. The molecule has 0 aliphatic carbocycles. The lowest BCUT2D eigenvalue weighted by Crippen LogP contribution is -2.19. The molecule has 86 valence electrons. The van der Waals surface area contributed by atoms with Crippen LogP contribution in [0.15, 0.2) is 18.2 Å². The molecule has 1 atom stereocenters. The fourth-order valence-corrected chi connectivity index (χ4v) is 2.12. The average molecular weight is 240 g/mol. The predicted octanol–water partition coefficient (Wildman–Crippen LogP) is 2.13. The molecule has 1 aliphatic heterocycles. The largest absolute Gasteiger partial charge is 0.373 e. The molecule has 16 heavy (non-hydrogen) atoms. The number of rotatable bonds is 4. The van der Waals surface area contributed by atoms with Crippen LogP contribution in [-0.4, -0.2) is 25.8 Å². The third kappa shape index (κ3) is 2.06. The molecule has 0 fully saturated rings. The van der Waals surface area contributed by atoms with Gasteiger partial charge in [-0.15, -0.1) is 11.6 Å². The van der Waals surface area contributed by atoms with E-state index in [4.69, 9.17) is 16.3 Å². The van der Waals surface area contributed by atoms with Gasteiger partial charge in [0.25, 0.3) is 0 Å². The van der Waals surface area contributed by atoms with Gasteiger partial charge in [0.1, 0.15) is 6.10 Å². The number of carbonyl (C=O) groups excluding carboxylic acids is 1. The molecule has 0 amide bonds. The lowest BCUT2D eigenvalue weighted by Gasteiger charge is -2.18. The summed E-state index contributed by atoms with van der Waals surface area (Å²) in [5, 5.41) is 0. The number of ether oxygens (including phenoxy) is 1. The zero-order valence-corrected chi connectivity index (χ0v) is 9.91. The first-order chi connectivity index (χ1) is 7.76.